The lowest BCUT2D eigenvalue weighted by atomic mass is 10.1. The van der Waals surface area contributed by atoms with E-state index in [2.05, 4.69) is 20.3 Å². The number of aromatic nitrogens is 4. The minimum Gasteiger partial charge on any atom is -0.406 e. The fourth-order valence-electron chi connectivity index (χ4n) is 2.91. The molecule has 0 aliphatic carbocycles. The summed E-state index contributed by atoms with van der Waals surface area (Å²) in [6.45, 7) is 3.68. The molecule has 3 rings (SSSR count). The number of oxime groups is 1. The van der Waals surface area contributed by atoms with Crippen molar-refractivity contribution in [3.63, 3.8) is 0 Å². The first-order valence-corrected chi connectivity index (χ1v) is 9.32. The lowest BCUT2D eigenvalue weighted by Crippen LogP contribution is -2.23. The molecule has 0 aliphatic rings. The molecular formula is C20H20F3N5O3. The van der Waals surface area contributed by atoms with Crippen molar-refractivity contribution in [3.05, 3.63) is 69.6 Å². The summed E-state index contributed by atoms with van der Waals surface area (Å²) in [5, 5.41) is 11.7. The van der Waals surface area contributed by atoms with Crippen molar-refractivity contribution >= 4 is 5.71 Å². The summed E-state index contributed by atoms with van der Waals surface area (Å²) >= 11 is 0. The monoisotopic (exact) mass is 435 g/mol. The molecule has 0 bridgehead atoms. The van der Waals surface area contributed by atoms with Crippen LogP contribution in [-0.4, -0.2) is 31.9 Å². The Morgan fingerprint density at radius 1 is 1.16 bits per heavy atom. The quantitative estimate of drug-likeness (QED) is 0.419. The van der Waals surface area contributed by atoms with Crippen LogP contribution in [0.15, 0.2) is 52.4 Å². The van der Waals surface area contributed by atoms with E-state index < -0.39 is 12.1 Å². The Morgan fingerprint density at radius 2 is 1.90 bits per heavy atom. The molecule has 1 aromatic heterocycles. The average Bonchev–Trinajstić information content (AvgIpc) is 3.03. The maximum atomic E-state index is 12.5. The van der Waals surface area contributed by atoms with Crippen molar-refractivity contribution in [1.29, 1.82) is 0 Å². The fourth-order valence-corrected chi connectivity index (χ4v) is 2.91. The second kappa shape index (κ2) is 9.02. The van der Waals surface area contributed by atoms with E-state index in [1.807, 2.05) is 13.0 Å². The van der Waals surface area contributed by atoms with Crippen LogP contribution in [0, 0.1) is 6.92 Å². The number of tetrazole rings is 1. The van der Waals surface area contributed by atoms with Gasteiger partial charge in [-0.1, -0.05) is 36.3 Å². The highest BCUT2D eigenvalue weighted by molar-refractivity contribution is 6.00. The van der Waals surface area contributed by atoms with Crippen LogP contribution < -0.4 is 10.4 Å². The van der Waals surface area contributed by atoms with Crippen LogP contribution in [0.5, 0.6) is 5.75 Å². The average molecular weight is 435 g/mol. The highest BCUT2D eigenvalue weighted by Gasteiger charge is 2.31. The molecule has 0 amide bonds. The van der Waals surface area contributed by atoms with E-state index in [-0.39, 0.29) is 12.4 Å². The molecule has 0 atom stereocenters. The summed E-state index contributed by atoms with van der Waals surface area (Å²) in [6, 6.07) is 10.9. The third-order valence-electron chi connectivity index (χ3n) is 4.45. The van der Waals surface area contributed by atoms with Crippen molar-refractivity contribution in [3.8, 4) is 11.4 Å². The Labute approximate surface area is 175 Å². The first kappa shape index (κ1) is 22.1. The van der Waals surface area contributed by atoms with Gasteiger partial charge in [0.15, 0.2) is 0 Å². The molecule has 0 aliphatic heterocycles. The third-order valence-corrected chi connectivity index (χ3v) is 4.45. The standard InChI is InChI=1S/C20H20F3N5O3/c1-4-17(14-8-6-9-15(11-14)31-20(21,22)23)24-30-12-16-13(2)7-5-10-18(16)28-19(29)27(3)25-26-28/h5-11H,4,12H2,1-3H3. The number of benzene rings is 2. The van der Waals surface area contributed by atoms with Gasteiger partial charge in [-0.05, 0) is 47.5 Å². The van der Waals surface area contributed by atoms with Gasteiger partial charge in [0.25, 0.3) is 0 Å². The van der Waals surface area contributed by atoms with Crippen molar-refractivity contribution in [2.45, 2.75) is 33.2 Å². The third kappa shape index (κ3) is 5.30. The van der Waals surface area contributed by atoms with Crippen LogP contribution in [0.25, 0.3) is 5.69 Å². The highest BCUT2D eigenvalue weighted by Crippen LogP contribution is 2.24. The molecule has 0 radical (unpaired) electrons. The molecule has 31 heavy (non-hydrogen) atoms. The second-order valence-corrected chi connectivity index (χ2v) is 6.61. The summed E-state index contributed by atoms with van der Waals surface area (Å²) in [5.74, 6) is -0.339. The van der Waals surface area contributed by atoms with Crippen LogP contribution in [0.2, 0.25) is 0 Å². The van der Waals surface area contributed by atoms with Gasteiger partial charge in [0.1, 0.15) is 12.4 Å². The predicted octanol–water partition coefficient (Wildman–Crippen LogP) is 3.50. The molecule has 0 N–H and O–H groups in total. The second-order valence-electron chi connectivity index (χ2n) is 6.61. The number of alkyl halides is 3. The van der Waals surface area contributed by atoms with Crippen molar-refractivity contribution < 1.29 is 22.7 Å². The van der Waals surface area contributed by atoms with Gasteiger partial charge >= 0.3 is 12.1 Å². The molecular weight excluding hydrogens is 415 g/mol. The van der Waals surface area contributed by atoms with Gasteiger partial charge in [-0.15, -0.1) is 13.2 Å². The SMILES string of the molecule is CCC(=NOCc1c(C)cccc1-n1nnn(C)c1=O)c1cccc(OC(F)(F)F)c1. The summed E-state index contributed by atoms with van der Waals surface area (Å²) in [7, 11) is 1.49. The molecule has 8 nitrogen and oxygen atoms in total. The summed E-state index contributed by atoms with van der Waals surface area (Å²) in [5.41, 5.74) is 2.51. The molecule has 0 saturated carbocycles. The van der Waals surface area contributed by atoms with E-state index in [1.54, 1.807) is 25.1 Å². The Kier molecular flexibility index (Phi) is 6.42. The number of hydrogen-bond acceptors (Lipinski definition) is 6. The number of aryl methyl sites for hydroxylation is 2. The van der Waals surface area contributed by atoms with Crippen molar-refractivity contribution in [2.75, 3.05) is 0 Å². The number of halogens is 3. The summed E-state index contributed by atoms with van der Waals surface area (Å²) in [6.07, 6.45) is -4.36. The summed E-state index contributed by atoms with van der Waals surface area (Å²) in [4.78, 5) is 17.7. The van der Waals surface area contributed by atoms with Crippen LogP contribution >= 0.6 is 0 Å². The largest absolute Gasteiger partial charge is 0.573 e. The van der Waals surface area contributed by atoms with Gasteiger partial charge < -0.3 is 9.57 Å². The van der Waals surface area contributed by atoms with E-state index in [0.717, 1.165) is 14.9 Å². The molecule has 2 aromatic carbocycles. The van der Waals surface area contributed by atoms with Gasteiger partial charge in [-0.2, -0.15) is 9.36 Å². The van der Waals surface area contributed by atoms with Gasteiger partial charge in [0, 0.05) is 18.2 Å². The van der Waals surface area contributed by atoms with E-state index >= 15 is 0 Å². The van der Waals surface area contributed by atoms with Crippen LogP contribution in [0.3, 0.4) is 0 Å². The molecule has 164 valence electrons. The molecule has 11 heteroatoms. The van der Waals surface area contributed by atoms with Crippen LogP contribution in [0.1, 0.15) is 30.0 Å². The lowest BCUT2D eigenvalue weighted by molar-refractivity contribution is -0.274. The van der Waals surface area contributed by atoms with E-state index in [4.69, 9.17) is 4.84 Å². The predicted molar refractivity (Wildman–Crippen MR) is 106 cm³/mol. The zero-order chi connectivity index (χ0) is 22.6. The molecule has 0 fully saturated rings. The van der Waals surface area contributed by atoms with E-state index in [0.29, 0.717) is 28.9 Å². The molecule has 0 saturated heterocycles. The maximum absolute atomic E-state index is 12.5. The minimum absolute atomic E-state index is 0.0211. The smallest absolute Gasteiger partial charge is 0.406 e. The highest BCUT2D eigenvalue weighted by atomic mass is 19.4. The van der Waals surface area contributed by atoms with Gasteiger partial charge in [0.2, 0.25) is 0 Å². The first-order chi connectivity index (χ1) is 14.7. The maximum Gasteiger partial charge on any atom is 0.573 e. The van der Waals surface area contributed by atoms with Crippen molar-refractivity contribution in [1.82, 2.24) is 19.8 Å². The molecule has 0 spiro atoms. The molecule has 0 unspecified atom stereocenters. The number of hydrogen-bond donors (Lipinski definition) is 0. The van der Waals surface area contributed by atoms with Gasteiger partial charge in [-0.25, -0.2) is 4.79 Å². The minimum atomic E-state index is -4.78. The molecule has 1 heterocycles. The normalized spacial score (nSPS) is 12.1. The number of nitrogens with zero attached hydrogens (tertiary/aromatic N) is 5. The van der Waals surface area contributed by atoms with Gasteiger partial charge in [0.05, 0.1) is 11.4 Å². The Hall–Kier alpha value is -3.63. The van der Waals surface area contributed by atoms with Crippen LogP contribution in [-0.2, 0) is 18.5 Å². The van der Waals surface area contributed by atoms with E-state index in [1.165, 1.54) is 25.2 Å². The van der Waals surface area contributed by atoms with Crippen molar-refractivity contribution in [2.24, 2.45) is 12.2 Å². The molecule has 3 aromatic rings. The first-order valence-electron chi connectivity index (χ1n) is 9.32. The van der Waals surface area contributed by atoms with Crippen LogP contribution in [0.4, 0.5) is 13.2 Å². The zero-order valence-corrected chi connectivity index (χ0v) is 17.1. The number of rotatable bonds is 7. The Balaban J connectivity index is 1.84. The lowest BCUT2D eigenvalue weighted by Gasteiger charge is -2.12. The Bertz CT molecular complexity index is 1150. The van der Waals surface area contributed by atoms with Gasteiger partial charge in [-0.3, -0.25) is 0 Å². The Morgan fingerprint density at radius 3 is 2.55 bits per heavy atom. The number of ether oxygens (including phenoxy) is 1. The zero-order valence-electron chi connectivity index (χ0n) is 17.1. The summed E-state index contributed by atoms with van der Waals surface area (Å²) < 4.78 is 43.7. The van der Waals surface area contributed by atoms with E-state index in [9.17, 15) is 18.0 Å². The fraction of sp³-hybridized carbons (Fsp3) is 0.300. The topological polar surface area (TPSA) is 83.5 Å².